The molecule has 0 fully saturated rings. The fraction of sp³-hybridized carbons (Fsp3) is 0.0755. The van der Waals surface area contributed by atoms with Crippen LogP contribution in [0.2, 0.25) is 0 Å². The van der Waals surface area contributed by atoms with E-state index in [1.165, 1.54) is 9.13 Å². The van der Waals surface area contributed by atoms with E-state index in [1.54, 1.807) is 65.4 Å². The molecule has 0 saturated heterocycles. The number of imidazole rings is 1. The molecule has 0 bridgehead atoms. The molecule has 4 heterocycles. The number of para-hydroxylation sites is 5. The number of aromatic nitrogens is 5. The summed E-state index contributed by atoms with van der Waals surface area (Å²) in [5.41, 5.74) is 2.74. The second kappa shape index (κ2) is 14.8. The maximum Gasteiger partial charge on any atom is 0.268 e. The first kappa shape index (κ1) is 26.8. The Bertz CT molecular complexity index is 4140. The Morgan fingerprint density at radius 2 is 1.41 bits per heavy atom. The summed E-state index contributed by atoms with van der Waals surface area (Å²) in [6, 6.07) is 27.8. The SMILES string of the molecule is [2H]c1c([2H])c(-[n+]2[c-]n(-c3[c-]c(Oc4[c-]c5c(cc4-n4c6c([2H])c([2H])c([2H])c([2H])c6c6c([2H])c([2H])c([2H])c([2H])c64)c4ccccc4n5-c4cc(C(C)(C)C)ccn4)ccc3)c3ccccc32)c([2H])c([2H])c1C#N.[Pt]. The molecule has 7 nitrogen and oxygen atoms in total. The van der Waals surface area contributed by atoms with Gasteiger partial charge in [0, 0.05) is 66.1 Å². The maximum atomic E-state index is 9.65. The van der Waals surface area contributed by atoms with Crippen LogP contribution in [0.15, 0.2) is 164 Å². The summed E-state index contributed by atoms with van der Waals surface area (Å²) in [6.45, 7) is 6.30. The number of hydrogen-bond donors (Lipinski definition) is 0. The van der Waals surface area contributed by atoms with E-state index in [9.17, 15) is 8.00 Å². The number of rotatable bonds is 6. The van der Waals surface area contributed by atoms with Crippen LogP contribution in [-0.2, 0) is 26.5 Å². The maximum absolute atomic E-state index is 9.65. The van der Waals surface area contributed by atoms with Gasteiger partial charge in [-0.25, -0.2) is 4.98 Å². The van der Waals surface area contributed by atoms with Crippen LogP contribution >= 0.6 is 0 Å². The Labute approximate surface area is 384 Å². The Balaban J connectivity index is 0.00000611. The average molecular weight is 980 g/mol. The minimum Gasteiger partial charge on any atom is -0.508 e. The first-order chi connectivity index (χ1) is 34.3. The second-order valence-electron chi connectivity index (χ2n) is 15.1. The predicted molar refractivity (Wildman–Crippen MR) is 238 cm³/mol. The Morgan fingerprint density at radius 1 is 0.705 bits per heavy atom. The third-order valence-electron chi connectivity index (χ3n) is 10.5. The molecule has 296 valence electrons. The number of pyridine rings is 1. The molecule has 0 aliphatic heterocycles. The summed E-state index contributed by atoms with van der Waals surface area (Å²) in [4.78, 5) is 4.82. The van der Waals surface area contributed by atoms with Crippen molar-refractivity contribution in [1.82, 2.24) is 18.7 Å². The smallest absolute Gasteiger partial charge is 0.268 e. The van der Waals surface area contributed by atoms with Crippen molar-refractivity contribution in [2.24, 2.45) is 0 Å². The van der Waals surface area contributed by atoms with Crippen molar-refractivity contribution >= 4 is 54.6 Å². The molecule has 61 heavy (non-hydrogen) atoms. The molecule has 0 aliphatic carbocycles. The van der Waals surface area contributed by atoms with E-state index in [0.717, 1.165) is 16.5 Å². The van der Waals surface area contributed by atoms with Gasteiger partial charge in [-0.1, -0.05) is 110 Å². The van der Waals surface area contributed by atoms with Crippen LogP contribution < -0.4 is 9.30 Å². The van der Waals surface area contributed by atoms with Crippen LogP contribution in [0.3, 0.4) is 0 Å². The molecule has 4 aromatic heterocycles. The van der Waals surface area contributed by atoms with Gasteiger partial charge < -0.3 is 18.4 Å². The van der Waals surface area contributed by atoms with Gasteiger partial charge in [0.2, 0.25) is 0 Å². The molecule has 7 aromatic carbocycles. The summed E-state index contributed by atoms with van der Waals surface area (Å²) in [7, 11) is 0. The van der Waals surface area contributed by atoms with E-state index in [4.69, 9.17) is 23.4 Å². The minimum atomic E-state index is -0.580. The van der Waals surface area contributed by atoms with E-state index < -0.39 is 72.5 Å². The molecular formula is C53H36N6OPt-2. The van der Waals surface area contributed by atoms with E-state index in [1.807, 2.05) is 41.0 Å². The Hall–Kier alpha value is -7.26. The minimum absolute atomic E-state index is 0. The predicted octanol–water partition coefficient (Wildman–Crippen LogP) is 11.9. The van der Waals surface area contributed by atoms with E-state index >= 15 is 0 Å². The van der Waals surface area contributed by atoms with Crippen molar-refractivity contribution in [2.45, 2.75) is 26.2 Å². The molecule has 11 rings (SSSR count). The van der Waals surface area contributed by atoms with Gasteiger partial charge in [0.15, 0.2) is 0 Å². The number of fused-ring (bicyclic) bond motifs is 7. The molecule has 0 aliphatic rings. The first-order valence-corrected chi connectivity index (χ1v) is 19.0. The zero-order valence-corrected chi connectivity index (χ0v) is 34.8. The first-order valence-electron chi connectivity index (χ1n) is 25.0. The van der Waals surface area contributed by atoms with E-state index in [0.29, 0.717) is 33.4 Å². The topological polar surface area (TPSA) is 64.6 Å². The van der Waals surface area contributed by atoms with Gasteiger partial charge >= 0.3 is 0 Å². The van der Waals surface area contributed by atoms with Crippen LogP contribution in [0.5, 0.6) is 11.5 Å². The molecular weight excluding hydrogens is 932 g/mol. The zero-order chi connectivity index (χ0) is 51.0. The van der Waals surface area contributed by atoms with Crippen LogP contribution in [-0.4, -0.2) is 18.7 Å². The Kier molecular flexibility index (Phi) is 6.48. The van der Waals surface area contributed by atoms with Gasteiger partial charge in [0.25, 0.3) is 6.33 Å². The third-order valence-corrected chi connectivity index (χ3v) is 10.5. The Morgan fingerprint density at radius 3 is 2.15 bits per heavy atom. The van der Waals surface area contributed by atoms with Crippen molar-refractivity contribution in [2.75, 3.05) is 0 Å². The molecule has 8 heteroatoms. The van der Waals surface area contributed by atoms with Crippen LogP contribution in [0, 0.1) is 29.8 Å². The normalized spacial score (nSPS) is 14.5. The third kappa shape index (κ3) is 6.31. The number of ether oxygens (including phenoxy) is 1. The summed E-state index contributed by atoms with van der Waals surface area (Å²) in [6.07, 6.45) is 4.91. The van der Waals surface area contributed by atoms with Gasteiger partial charge in [-0.05, 0) is 82.2 Å². The number of nitriles is 1. The van der Waals surface area contributed by atoms with Gasteiger partial charge in [-0.2, -0.15) is 17.4 Å². The molecule has 0 spiro atoms. The van der Waals surface area contributed by atoms with E-state index in [2.05, 4.69) is 39.2 Å². The van der Waals surface area contributed by atoms with E-state index in [-0.39, 0.29) is 76.7 Å². The van der Waals surface area contributed by atoms with Crippen LogP contribution in [0.25, 0.3) is 77.5 Å². The van der Waals surface area contributed by atoms with Gasteiger partial charge in [0.1, 0.15) is 5.82 Å². The molecule has 0 radical (unpaired) electrons. The molecule has 0 amide bonds. The monoisotopic (exact) mass is 979 g/mol. The number of benzene rings is 7. The summed E-state index contributed by atoms with van der Waals surface area (Å²) in [5.74, 6) is 0.651. The van der Waals surface area contributed by atoms with Crippen molar-refractivity contribution in [3.8, 4) is 40.4 Å². The zero-order valence-electron chi connectivity index (χ0n) is 44.6. The fourth-order valence-electron chi connectivity index (χ4n) is 7.67. The average Bonchev–Trinajstić information content (AvgIpc) is 4.04. The number of hydrogen-bond acceptors (Lipinski definition) is 3. The van der Waals surface area contributed by atoms with Crippen LogP contribution in [0.4, 0.5) is 0 Å². The molecule has 0 unspecified atom stereocenters. The molecule has 11 aromatic rings. The van der Waals surface area contributed by atoms with Crippen molar-refractivity contribution in [3.05, 3.63) is 193 Å². The summed E-state index contributed by atoms with van der Waals surface area (Å²) < 4.78 is 120. The quantitative estimate of drug-likeness (QED) is 0.123. The molecule has 0 N–H and O–H groups in total. The standard InChI is InChI=1S/C53H36N6O.Pt/c1-53(2,3)36-27-28-55-52(29-36)59-46-20-9-6-17-42(46)43-31-50(58-44-18-7-4-15-40(44)41-16-5-8-19-45(41)58)51(32-49(43)59)60-39-14-12-13-38(30-39)57-34-56(47-21-10-11-22-48(47)57)37-25-23-35(33-54)24-26-37;/h4-29,31H,1-3H3;/q-2;/i4D,5D,7D,8D,15D,16D,18D,19D,23D,24D,25D,26D;. The molecule has 0 atom stereocenters. The summed E-state index contributed by atoms with van der Waals surface area (Å²) >= 11 is 0. The largest absolute Gasteiger partial charge is 0.508 e. The van der Waals surface area contributed by atoms with Gasteiger partial charge in [-0.3, -0.25) is 4.57 Å². The second-order valence-corrected chi connectivity index (χ2v) is 15.1. The van der Waals surface area contributed by atoms with Crippen molar-refractivity contribution in [1.29, 1.82) is 5.26 Å². The van der Waals surface area contributed by atoms with Gasteiger partial charge in [-0.15, -0.1) is 24.3 Å². The fourth-order valence-corrected chi connectivity index (χ4v) is 7.67. The van der Waals surface area contributed by atoms with Crippen LogP contribution in [0.1, 0.15) is 48.3 Å². The molecule has 0 saturated carbocycles. The van der Waals surface area contributed by atoms with Crippen molar-refractivity contribution in [3.63, 3.8) is 0 Å². The number of nitrogens with zero attached hydrogens (tertiary/aromatic N) is 6. The van der Waals surface area contributed by atoms with Crippen molar-refractivity contribution < 1.29 is 46.8 Å². The summed E-state index contributed by atoms with van der Waals surface area (Å²) in [5, 5.41) is 10.8. The van der Waals surface area contributed by atoms with Gasteiger partial charge in [0.05, 0.1) is 44.8 Å².